The van der Waals surface area contributed by atoms with Crippen LogP contribution in [-0.4, -0.2) is 31.6 Å². The summed E-state index contributed by atoms with van der Waals surface area (Å²) in [5.41, 5.74) is 10.9. The molecule has 0 amide bonds. The molecular formula is C10H25N2OP. The van der Waals surface area contributed by atoms with Gasteiger partial charge in [0.05, 0.1) is 7.14 Å². The second kappa shape index (κ2) is 7.44. The Morgan fingerprint density at radius 1 is 1.07 bits per heavy atom. The number of hydrogen-bond donors (Lipinski definition) is 2. The highest BCUT2D eigenvalue weighted by Gasteiger charge is 2.21. The molecule has 0 aliphatic carbocycles. The van der Waals surface area contributed by atoms with Crippen molar-refractivity contribution in [1.82, 2.24) is 0 Å². The quantitative estimate of drug-likeness (QED) is 0.612. The van der Waals surface area contributed by atoms with Crippen LogP contribution in [0.4, 0.5) is 0 Å². The van der Waals surface area contributed by atoms with E-state index in [1.807, 2.05) is 0 Å². The molecule has 0 fully saturated rings. The van der Waals surface area contributed by atoms with Crippen molar-refractivity contribution < 1.29 is 4.57 Å². The first kappa shape index (κ1) is 14.2. The van der Waals surface area contributed by atoms with Crippen molar-refractivity contribution in [3.8, 4) is 0 Å². The van der Waals surface area contributed by atoms with Crippen molar-refractivity contribution in [2.45, 2.75) is 26.7 Å². The van der Waals surface area contributed by atoms with Gasteiger partial charge in [0.1, 0.15) is 0 Å². The van der Waals surface area contributed by atoms with Crippen LogP contribution in [0.1, 0.15) is 26.7 Å². The molecule has 0 aromatic rings. The summed E-state index contributed by atoms with van der Waals surface area (Å²) in [6.45, 7) is 5.53. The maximum Gasteiger partial charge on any atom is 0.0881 e. The molecule has 4 N–H and O–H groups in total. The summed E-state index contributed by atoms with van der Waals surface area (Å²) in [5, 5.41) is 0. The predicted octanol–water partition coefficient (Wildman–Crippen LogP) is 1.70. The molecule has 0 unspecified atom stereocenters. The van der Waals surface area contributed by atoms with Crippen LogP contribution in [0.15, 0.2) is 0 Å². The lowest BCUT2D eigenvalue weighted by molar-refractivity contribution is 0.561. The van der Waals surface area contributed by atoms with E-state index >= 15 is 0 Å². The maximum absolute atomic E-state index is 12.4. The average molecular weight is 220 g/mol. The SMILES string of the molecule is CC(C)CP(=O)(CCCN)CCCN. The maximum atomic E-state index is 12.4. The zero-order valence-corrected chi connectivity index (χ0v) is 10.4. The molecule has 0 bridgehead atoms. The lowest BCUT2D eigenvalue weighted by atomic mass is 10.3. The van der Waals surface area contributed by atoms with Gasteiger partial charge in [-0.2, -0.15) is 0 Å². The molecule has 0 spiro atoms. The van der Waals surface area contributed by atoms with Gasteiger partial charge in [0.25, 0.3) is 0 Å². The molecule has 0 aliphatic heterocycles. The van der Waals surface area contributed by atoms with E-state index in [0.717, 1.165) is 31.3 Å². The summed E-state index contributed by atoms with van der Waals surface area (Å²) >= 11 is 0. The Morgan fingerprint density at radius 2 is 1.50 bits per heavy atom. The van der Waals surface area contributed by atoms with Gasteiger partial charge < -0.3 is 16.0 Å². The van der Waals surface area contributed by atoms with Gasteiger partial charge in [0.15, 0.2) is 0 Å². The smallest absolute Gasteiger partial charge is 0.0881 e. The Labute approximate surface area is 88.0 Å². The highest BCUT2D eigenvalue weighted by Crippen LogP contribution is 2.48. The Kier molecular flexibility index (Phi) is 7.52. The van der Waals surface area contributed by atoms with E-state index in [0.29, 0.717) is 19.0 Å². The topological polar surface area (TPSA) is 69.1 Å². The van der Waals surface area contributed by atoms with Gasteiger partial charge in [0, 0.05) is 18.5 Å². The zero-order valence-electron chi connectivity index (χ0n) is 9.54. The number of nitrogens with two attached hydrogens (primary N) is 2. The predicted molar refractivity (Wildman–Crippen MR) is 64.4 cm³/mol. The second-order valence-corrected chi connectivity index (χ2v) is 7.74. The normalized spacial score (nSPS) is 12.4. The Morgan fingerprint density at radius 3 is 1.79 bits per heavy atom. The van der Waals surface area contributed by atoms with E-state index in [9.17, 15) is 4.57 Å². The fourth-order valence-electron chi connectivity index (χ4n) is 1.72. The van der Waals surface area contributed by atoms with Gasteiger partial charge >= 0.3 is 0 Å². The number of rotatable bonds is 8. The van der Waals surface area contributed by atoms with Crippen LogP contribution in [0.5, 0.6) is 0 Å². The van der Waals surface area contributed by atoms with Crippen LogP contribution in [0.25, 0.3) is 0 Å². The molecular weight excluding hydrogens is 195 g/mol. The monoisotopic (exact) mass is 220 g/mol. The summed E-state index contributed by atoms with van der Waals surface area (Å²) in [6.07, 6.45) is 4.24. The fourth-order valence-corrected chi connectivity index (χ4v) is 5.16. The first-order chi connectivity index (χ1) is 6.54. The first-order valence-electron chi connectivity index (χ1n) is 5.51. The van der Waals surface area contributed by atoms with Crippen molar-refractivity contribution in [1.29, 1.82) is 0 Å². The molecule has 0 aromatic heterocycles. The molecule has 0 heterocycles. The lowest BCUT2D eigenvalue weighted by Crippen LogP contribution is -2.11. The van der Waals surface area contributed by atoms with E-state index in [1.165, 1.54) is 0 Å². The molecule has 0 aliphatic rings. The largest absolute Gasteiger partial charge is 0.330 e. The van der Waals surface area contributed by atoms with E-state index in [1.54, 1.807) is 0 Å². The minimum atomic E-state index is -1.97. The Hall–Kier alpha value is 0.150. The summed E-state index contributed by atoms with van der Waals surface area (Å²) in [7, 11) is -1.97. The number of hydrogen-bond acceptors (Lipinski definition) is 3. The highest BCUT2D eigenvalue weighted by molar-refractivity contribution is 7.63. The molecule has 14 heavy (non-hydrogen) atoms. The molecule has 0 rings (SSSR count). The van der Waals surface area contributed by atoms with Crippen LogP contribution in [0.2, 0.25) is 0 Å². The highest BCUT2D eigenvalue weighted by atomic mass is 31.2. The fraction of sp³-hybridized carbons (Fsp3) is 1.00. The van der Waals surface area contributed by atoms with Gasteiger partial charge in [-0.05, 0) is 31.8 Å². The summed E-state index contributed by atoms with van der Waals surface area (Å²) in [5.74, 6) is 0.511. The third kappa shape index (κ3) is 6.58. The van der Waals surface area contributed by atoms with Crippen molar-refractivity contribution in [2.24, 2.45) is 17.4 Å². The van der Waals surface area contributed by atoms with Gasteiger partial charge in [-0.15, -0.1) is 0 Å². The lowest BCUT2D eigenvalue weighted by Gasteiger charge is -2.19. The average Bonchev–Trinajstić information content (AvgIpc) is 2.11. The summed E-state index contributed by atoms with van der Waals surface area (Å²) in [6, 6.07) is 0. The van der Waals surface area contributed by atoms with E-state index in [2.05, 4.69) is 13.8 Å². The first-order valence-corrected chi connectivity index (χ1v) is 7.77. The molecule has 0 radical (unpaired) electrons. The Bertz CT molecular complexity index is 171. The van der Waals surface area contributed by atoms with E-state index in [4.69, 9.17) is 11.5 Å². The van der Waals surface area contributed by atoms with Crippen molar-refractivity contribution in [3.05, 3.63) is 0 Å². The van der Waals surface area contributed by atoms with Gasteiger partial charge in [0.2, 0.25) is 0 Å². The second-order valence-electron chi connectivity index (χ2n) is 4.37. The minimum absolute atomic E-state index is 0.511. The van der Waals surface area contributed by atoms with Crippen LogP contribution >= 0.6 is 7.14 Å². The van der Waals surface area contributed by atoms with Crippen LogP contribution < -0.4 is 11.5 Å². The van der Waals surface area contributed by atoms with Crippen LogP contribution in [0.3, 0.4) is 0 Å². The van der Waals surface area contributed by atoms with E-state index < -0.39 is 7.14 Å². The Balaban J connectivity index is 4.11. The van der Waals surface area contributed by atoms with Crippen molar-refractivity contribution in [3.63, 3.8) is 0 Å². The third-order valence-corrected chi connectivity index (χ3v) is 5.90. The van der Waals surface area contributed by atoms with Gasteiger partial charge in [-0.25, -0.2) is 0 Å². The van der Waals surface area contributed by atoms with E-state index in [-0.39, 0.29) is 0 Å². The summed E-state index contributed by atoms with van der Waals surface area (Å²) < 4.78 is 12.4. The molecule has 3 nitrogen and oxygen atoms in total. The molecule has 0 saturated carbocycles. The molecule has 0 aromatic carbocycles. The summed E-state index contributed by atoms with van der Waals surface area (Å²) in [4.78, 5) is 0. The van der Waals surface area contributed by atoms with Crippen molar-refractivity contribution >= 4 is 7.14 Å². The third-order valence-electron chi connectivity index (χ3n) is 2.24. The standard InChI is InChI=1S/C10H25N2OP/c1-10(2)9-14(13,7-3-5-11)8-4-6-12/h10H,3-9,11-12H2,1-2H3. The van der Waals surface area contributed by atoms with Crippen LogP contribution in [-0.2, 0) is 4.57 Å². The van der Waals surface area contributed by atoms with Crippen LogP contribution in [0, 0.1) is 5.92 Å². The molecule has 86 valence electrons. The van der Waals surface area contributed by atoms with Gasteiger partial charge in [-0.3, -0.25) is 0 Å². The van der Waals surface area contributed by atoms with Crippen molar-refractivity contribution in [2.75, 3.05) is 31.6 Å². The molecule has 0 saturated heterocycles. The minimum Gasteiger partial charge on any atom is -0.330 e. The van der Waals surface area contributed by atoms with Gasteiger partial charge in [-0.1, -0.05) is 13.8 Å². The zero-order chi connectivity index (χ0) is 11.0. The molecule has 4 heteroatoms. The molecule has 0 atom stereocenters.